The van der Waals surface area contributed by atoms with Gasteiger partial charge in [0.2, 0.25) is 0 Å². The third-order valence-electron chi connectivity index (χ3n) is 0.384. The van der Waals surface area contributed by atoms with Crippen LogP contribution in [0.4, 0.5) is 0 Å². The van der Waals surface area contributed by atoms with Crippen LogP contribution in [-0.2, 0) is 31.8 Å². The second kappa shape index (κ2) is 4.48. The molecule has 0 N–H and O–H groups in total. The van der Waals surface area contributed by atoms with Gasteiger partial charge in [-0.1, -0.05) is 0 Å². The van der Waals surface area contributed by atoms with E-state index in [1.807, 2.05) is 0 Å². The Hall–Kier alpha value is 0.462. The molecule has 0 amide bonds. The van der Waals surface area contributed by atoms with E-state index in [9.17, 15) is 9.59 Å². The van der Waals surface area contributed by atoms with Gasteiger partial charge in [0.25, 0.3) is 0 Å². The van der Waals surface area contributed by atoms with Crippen LogP contribution in [0.2, 0.25) is 0 Å². The van der Waals surface area contributed by atoms with Crippen molar-refractivity contribution in [1.29, 1.82) is 0 Å². The molecule has 4 nitrogen and oxygen atoms in total. The van der Waals surface area contributed by atoms with E-state index in [-0.39, 0.29) is 0 Å². The molecule has 0 aliphatic heterocycles. The molecule has 0 heterocycles. The Balaban J connectivity index is 3.99. The van der Waals surface area contributed by atoms with E-state index in [4.69, 9.17) is 6.92 Å². The van der Waals surface area contributed by atoms with Gasteiger partial charge in [-0.2, -0.15) is 0 Å². The first-order valence-corrected chi connectivity index (χ1v) is 9.82. The zero-order valence-electron chi connectivity index (χ0n) is 6.10. The van der Waals surface area contributed by atoms with Gasteiger partial charge in [-0.3, -0.25) is 0 Å². The van der Waals surface area contributed by atoms with Crippen molar-refractivity contribution < 1.29 is 31.8 Å². The number of carbonyl (C=O) groups is 2. The molecule has 7 heteroatoms. The van der Waals surface area contributed by atoms with Gasteiger partial charge >= 0.3 is 72.4 Å². The maximum atomic E-state index is 10.4. The molecule has 0 bridgehead atoms. The quantitative estimate of drug-likeness (QED) is 0.554. The van der Waals surface area contributed by atoms with E-state index in [1.54, 1.807) is 0 Å². The van der Waals surface area contributed by atoms with Crippen molar-refractivity contribution in [1.82, 2.24) is 0 Å². The molecule has 2 atom stereocenters. The first-order chi connectivity index (χ1) is 4.83. The fourth-order valence-corrected chi connectivity index (χ4v) is 4.24. The van der Waals surface area contributed by atoms with E-state index < -0.39 is 27.2 Å². The molecule has 70 valence electrons. The minimum atomic E-state index is -2.81. The van der Waals surface area contributed by atoms with Crippen LogP contribution in [-0.4, -0.2) is 11.9 Å². The fourth-order valence-electron chi connectivity index (χ4n) is 0.297. The number of rotatable bonds is 2. The van der Waals surface area contributed by atoms with Crippen molar-refractivity contribution in [3.8, 4) is 0 Å². The normalized spacial score (nSPS) is 12.0. The van der Waals surface area contributed by atoms with E-state index in [0.717, 1.165) is 0 Å². The summed E-state index contributed by atoms with van der Waals surface area (Å²) in [5.74, 6) is -0.901. The summed E-state index contributed by atoms with van der Waals surface area (Å²) in [4.78, 5) is 20.9. The second-order valence-corrected chi connectivity index (χ2v) is 13.0. The van der Waals surface area contributed by atoms with Crippen LogP contribution < -0.4 is 0 Å². The van der Waals surface area contributed by atoms with Gasteiger partial charge < -0.3 is 0 Å². The summed E-state index contributed by atoms with van der Waals surface area (Å²) < 4.78 is 9.48. The third-order valence-corrected chi connectivity index (χ3v) is 4.03. The van der Waals surface area contributed by atoms with Crippen molar-refractivity contribution in [2.24, 2.45) is 0 Å². The average Bonchev–Trinajstić information content (AvgIpc) is 1.53. The summed E-state index contributed by atoms with van der Waals surface area (Å²) in [6.45, 7) is 2.53. The van der Waals surface area contributed by atoms with Crippen LogP contribution in [0.1, 0.15) is 13.8 Å². The van der Waals surface area contributed by atoms with Crippen LogP contribution in [0.15, 0.2) is 0 Å². The minimum absolute atomic E-state index is 0.451. The SMILES string of the molecule is CC(=O)[O][Pd]([PH2])([PH2])[O]C(C)=O. The molecular formula is C4H10O4P2Pd. The van der Waals surface area contributed by atoms with Gasteiger partial charge in [-0.25, -0.2) is 0 Å². The molecule has 0 fully saturated rings. The Morgan fingerprint density at radius 1 is 1.09 bits per heavy atom. The topological polar surface area (TPSA) is 52.6 Å². The monoisotopic (exact) mass is 290 g/mol. The van der Waals surface area contributed by atoms with Crippen molar-refractivity contribution in [3.05, 3.63) is 0 Å². The van der Waals surface area contributed by atoms with Crippen LogP contribution in [0, 0.1) is 0 Å². The molecule has 0 aromatic rings. The van der Waals surface area contributed by atoms with E-state index in [1.165, 1.54) is 13.8 Å². The van der Waals surface area contributed by atoms with Crippen molar-refractivity contribution in [2.75, 3.05) is 0 Å². The van der Waals surface area contributed by atoms with E-state index >= 15 is 0 Å². The molecule has 0 aromatic carbocycles. The molecule has 11 heavy (non-hydrogen) atoms. The Morgan fingerprint density at radius 2 is 1.36 bits per heavy atom. The molecule has 0 aromatic heterocycles. The first-order valence-electron chi connectivity index (χ1n) is 2.44. The third kappa shape index (κ3) is 6.84. The summed E-state index contributed by atoms with van der Waals surface area (Å²) in [5, 5.41) is 0. The maximum absolute atomic E-state index is 10.4. The Kier molecular flexibility index (Phi) is 4.67. The van der Waals surface area contributed by atoms with Gasteiger partial charge in [0.15, 0.2) is 0 Å². The van der Waals surface area contributed by atoms with Crippen molar-refractivity contribution in [2.45, 2.75) is 13.8 Å². The summed E-state index contributed by atoms with van der Waals surface area (Å²) in [7, 11) is 4.46. The summed E-state index contributed by atoms with van der Waals surface area (Å²) in [5.41, 5.74) is 0. The van der Waals surface area contributed by atoms with Crippen LogP contribution in [0.5, 0.6) is 0 Å². The Bertz CT molecular complexity index is 163. The molecule has 2 unspecified atom stereocenters. The zero-order valence-corrected chi connectivity index (χ0v) is 9.97. The van der Waals surface area contributed by atoms with Gasteiger partial charge in [0.1, 0.15) is 0 Å². The molecule has 0 saturated heterocycles. The summed E-state index contributed by atoms with van der Waals surface area (Å²) in [6.07, 6.45) is 0. The predicted molar refractivity (Wildman–Crippen MR) is 43.0 cm³/mol. The van der Waals surface area contributed by atoms with Crippen molar-refractivity contribution in [3.63, 3.8) is 0 Å². The summed E-state index contributed by atoms with van der Waals surface area (Å²) >= 11 is -2.81. The van der Waals surface area contributed by atoms with E-state index in [2.05, 4.69) is 14.9 Å². The standard InChI is InChI=1S/2C2H4O2.2H2P.Pd/c2*1-2(3)4;;;/h2*1H3,(H,3,4);2*1H2;/q;;2*-1;+4/p-2. The molecule has 0 saturated carbocycles. The molecule has 0 radical (unpaired) electrons. The predicted octanol–water partition coefficient (Wildman–Crippen LogP) is 0.677. The van der Waals surface area contributed by atoms with Crippen LogP contribution in [0.3, 0.4) is 0 Å². The van der Waals surface area contributed by atoms with Gasteiger partial charge in [0.05, 0.1) is 0 Å². The van der Waals surface area contributed by atoms with Gasteiger partial charge in [-0.05, 0) is 0 Å². The van der Waals surface area contributed by atoms with Crippen molar-refractivity contribution >= 4 is 26.8 Å². The van der Waals surface area contributed by atoms with Crippen LogP contribution >= 0.6 is 14.9 Å². The second-order valence-electron chi connectivity index (χ2n) is 1.57. The summed E-state index contributed by atoms with van der Waals surface area (Å²) in [6, 6.07) is 0. The molecular weight excluding hydrogens is 280 g/mol. The average molecular weight is 290 g/mol. The van der Waals surface area contributed by atoms with Gasteiger partial charge in [-0.15, -0.1) is 0 Å². The first kappa shape index (κ1) is 11.5. The number of carbonyl (C=O) groups excluding carboxylic acids is 2. The van der Waals surface area contributed by atoms with Crippen LogP contribution in [0.25, 0.3) is 0 Å². The molecule has 0 rings (SSSR count). The zero-order chi connectivity index (χ0) is 9.07. The number of hydrogen-bond donors (Lipinski definition) is 0. The number of hydrogen-bond acceptors (Lipinski definition) is 4. The Morgan fingerprint density at radius 3 is 1.55 bits per heavy atom. The molecule has 0 spiro atoms. The fraction of sp³-hybridized carbons (Fsp3) is 0.500. The van der Waals surface area contributed by atoms with E-state index in [0.29, 0.717) is 0 Å². The molecule has 0 aliphatic rings. The Labute approximate surface area is 72.7 Å². The van der Waals surface area contributed by atoms with Gasteiger partial charge in [0, 0.05) is 0 Å². The molecule has 0 aliphatic carbocycles.